The van der Waals surface area contributed by atoms with Gasteiger partial charge in [-0.1, -0.05) is 0 Å². The monoisotopic (exact) mass is 236 g/mol. The molecule has 0 aliphatic rings. The van der Waals surface area contributed by atoms with Gasteiger partial charge in [0.15, 0.2) is 0 Å². The number of hydrogen-bond donors (Lipinski definition) is 0. The maximum Gasteiger partial charge on any atom is 0.0830 e. The van der Waals surface area contributed by atoms with Gasteiger partial charge in [-0.25, -0.2) is 0 Å². The highest BCUT2D eigenvalue weighted by Crippen LogP contribution is 2.28. The van der Waals surface area contributed by atoms with Crippen LogP contribution in [0, 0.1) is 0 Å². The fourth-order valence-corrected chi connectivity index (χ4v) is 2.55. The first-order valence-corrected chi connectivity index (χ1v) is 6.32. The van der Waals surface area contributed by atoms with Gasteiger partial charge < -0.3 is 9.64 Å². The molecule has 0 unspecified atom stereocenters. The topological polar surface area (TPSA) is 25.4 Å². The number of hydrogen-bond acceptors (Lipinski definition) is 4. The third-order valence-corrected chi connectivity index (χ3v) is 3.44. The highest BCUT2D eigenvalue weighted by Gasteiger charge is 2.07. The van der Waals surface area contributed by atoms with E-state index in [9.17, 15) is 0 Å². The maximum absolute atomic E-state index is 5.37. The third kappa shape index (κ3) is 2.33. The number of thiophene rings is 1. The van der Waals surface area contributed by atoms with E-state index >= 15 is 0 Å². The molecule has 2 rings (SSSR count). The Labute approximate surface area is 99.7 Å². The van der Waals surface area contributed by atoms with Crippen molar-refractivity contribution in [3.63, 3.8) is 0 Å². The Morgan fingerprint density at radius 2 is 2.31 bits per heavy atom. The molecule has 0 aliphatic carbocycles. The van der Waals surface area contributed by atoms with E-state index in [0.29, 0.717) is 0 Å². The molecule has 16 heavy (non-hydrogen) atoms. The van der Waals surface area contributed by atoms with Crippen LogP contribution >= 0.6 is 11.3 Å². The molecule has 0 N–H and O–H groups in total. The molecule has 2 aromatic heterocycles. The van der Waals surface area contributed by atoms with Crippen LogP contribution in [0.5, 0.6) is 0 Å². The molecule has 0 saturated heterocycles. The summed E-state index contributed by atoms with van der Waals surface area (Å²) in [4.78, 5) is 6.55. The van der Waals surface area contributed by atoms with Gasteiger partial charge in [-0.3, -0.25) is 4.98 Å². The molecule has 0 saturated carbocycles. The summed E-state index contributed by atoms with van der Waals surface area (Å²) in [5, 5.41) is 2.08. The van der Waals surface area contributed by atoms with E-state index in [2.05, 4.69) is 34.4 Å². The van der Waals surface area contributed by atoms with Gasteiger partial charge in [-0.2, -0.15) is 0 Å². The zero-order valence-electron chi connectivity index (χ0n) is 9.64. The minimum Gasteiger partial charge on any atom is -0.380 e. The van der Waals surface area contributed by atoms with Crippen molar-refractivity contribution in [2.24, 2.45) is 0 Å². The van der Waals surface area contributed by atoms with Gasteiger partial charge in [-0.15, -0.1) is 11.3 Å². The van der Waals surface area contributed by atoms with Crippen molar-refractivity contribution >= 4 is 27.2 Å². The number of ether oxygens (including phenoxy) is 1. The van der Waals surface area contributed by atoms with Crippen LogP contribution < -0.4 is 4.90 Å². The summed E-state index contributed by atoms with van der Waals surface area (Å²) in [5.74, 6) is 0. The van der Waals surface area contributed by atoms with Crippen molar-refractivity contribution in [2.45, 2.75) is 6.92 Å². The van der Waals surface area contributed by atoms with Gasteiger partial charge >= 0.3 is 0 Å². The molecule has 2 heterocycles. The van der Waals surface area contributed by atoms with Crippen molar-refractivity contribution < 1.29 is 4.74 Å². The minimum atomic E-state index is 0.766. The van der Waals surface area contributed by atoms with Crippen LogP contribution in [0.1, 0.15) is 6.92 Å². The number of aromatic nitrogens is 1. The minimum absolute atomic E-state index is 0.766. The second-order valence-corrected chi connectivity index (χ2v) is 4.50. The van der Waals surface area contributed by atoms with Gasteiger partial charge in [0.25, 0.3) is 0 Å². The first-order valence-electron chi connectivity index (χ1n) is 5.44. The Morgan fingerprint density at radius 3 is 3.12 bits per heavy atom. The van der Waals surface area contributed by atoms with E-state index in [-0.39, 0.29) is 0 Å². The maximum atomic E-state index is 5.37. The second-order valence-electron chi connectivity index (χ2n) is 3.58. The lowest BCUT2D eigenvalue weighted by Gasteiger charge is -2.19. The molecule has 0 aliphatic heterocycles. The molecule has 4 heteroatoms. The average Bonchev–Trinajstić information content (AvgIpc) is 2.76. The second kappa shape index (κ2) is 5.27. The van der Waals surface area contributed by atoms with Gasteiger partial charge in [0.1, 0.15) is 0 Å². The Hall–Kier alpha value is -1.13. The molecular formula is C12H16N2OS. The lowest BCUT2D eigenvalue weighted by atomic mass is 10.3. The van der Waals surface area contributed by atoms with Crippen LogP contribution in [-0.2, 0) is 4.74 Å². The number of nitrogens with zero attached hydrogens (tertiary/aromatic N) is 2. The molecule has 0 amide bonds. The fraction of sp³-hybridized carbons (Fsp3) is 0.417. The van der Waals surface area contributed by atoms with Crippen LogP contribution in [0.3, 0.4) is 0 Å². The van der Waals surface area contributed by atoms with E-state index in [1.54, 1.807) is 11.3 Å². The SMILES string of the molecule is CCOCCN(C)c1ccnc2ccsc12. The molecule has 0 fully saturated rings. The van der Waals surface area contributed by atoms with Crippen molar-refractivity contribution in [3.05, 3.63) is 23.7 Å². The number of likely N-dealkylation sites (N-methyl/N-ethyl adjacent to an activating group) is 1. The molecule has 86 valence electrons. The number of anilines is 1. The fourth-order valence-electron chi connectivity index (χ4n) is 1.63. The molecule has 3 nitrogen and oxygen atoms in total. The summed E-state index contributed by atoms with van der Waals surface area (Å²) in [6.45, 7) is 4.47. The van der Waals surface area contributed by atoms with Crippen LogP contribution in [0.2, 0.25) is 0 Å². The standard InChI is InChI=1S/C12H16N2OS/c1-3-15-8-7-14(2)11-4-6-13-10-5-9-16-12(10)11/h4-6,9H,3,7-8H2,1-2H3. The molecule has 0 atom stereocenters. The Balaban J connectivity index is 2.15. The van der Waals surface area contributed by atoms with Crippen LogP contribution in [0.4, 0.5) is 5.69 Å². The van der Waals surface area contributed by atoms with E-state index < -0.39 is 0 Å². The predicted octanol–water partition coefficient (Wildman–Crippen LogP) is 2.77. The van der Waals surface area contributed by atoms with Crippen LogP contribution in [0.15, 0.2) is 23.7 Å². The summed E-state index contributed by atoms with van der Waals surface area (Å²) >= 11 is 1.74. The largest absolute Gasteiger partial charge is 0.380 e. The van der Waals surface area contributed by atoms with E-state index in [1.165, 1.54) is 10.4 Å². The lowest BCUT2D eigenvalue weighted by molar-refractivity contribution is 0.154. The van der Waals surface area contributed by atoms with Gasteiger partial charge in [0.2, 0.25) is 0 Å². The highest BCUT2D eigenvalue weighted by molar-refractivity contribution is 7.17. The van der Waals surface area contributed by atoms with Crippen molar-refractivity contribution in [2.75, 3.05) is 31.7 Å². The Kier molecular flexibility index (Phi) is 3.74. The first kappa shape index (κ1) is 11.4. The van der Waals surface area contributed by atoms with Crippen LogP contribution in [0.25, 0.3) is 10.2 Å². The molecule has 0 aromatic carbocycles. The summed E-state index contributed by atoms with van der Waals surface area (Å²) < 4.78 is 6.62. The molecule has 0 bridgehead atoms. The van der Waals surface area contributed by atoms with Crippen molar-refractivity contribution in [3.8, 4) is 0 Å². The third-order valence-electron chi connectivity index (χ3n) is 2.51. The zero-order valence-corrected chi connectivity index (χ0v) is 10.5. The predicted molar refractivity (Wildman–Crippen MR) is 69.4 cm³/mol. The summed E-state index contributed by atoms with van der Waals surface area (Å²) in [5.41, 5.74) is 2.31. The smallest absolute Gasteiger partial charge is 0.0830 e. The van der Waals surface area contributed by atoms with Gasteiger partial charge in [0.05, 0.1) is 22.5 Å². The van der Waals surface area contributed by atoms with Crippen molar-refractivity contribution in [1.29, 1.82) is 0 Å². The van der Waals surface area contributed by atoms with Gasteiger partial charge in [0, 0.05) is 26.4 Å². The number of fused-ring (bicyclic) bond motifs is 1. The zero-order chi connectivity index (χ0) is 11.4. The normalized spacial score (nSPS) is 10.9. The number of pyridine rings is 1. The highest BCUT2D eigenvalue weighted by atomic mass is 32.1. The summed E-state index contributed by atoms with van der Waals surface area (Å²) in [7, 11) is 2.09. The average molecular weight is 236 g/mol. The molecule has 0 spiro atoms. The number of rotatable bonds is 5. The van der Waals surface area contributed by atoms with E-state index in [1.807, 2.05) is 13.1 Å². The quantitative estimate of drug-likeness (QED) is 0.746. The van der Waals surface area contributed by atoms with E-state index in [0.717, 1.165) is 25.3 Å². The van der Waals surface area contributed by atoms with E-state index in [4.69, 9.17) is 4.74 Å². The van der Waals surface area contributed by atoms with Crippen molar-refractivity contribution in [1.82, 2.24) is 4.98 Å². The Bertz CT molecular complexity index is 455. The first-order chi connectivity index (χ1) is 7.83. The lowest BCUT2D eigenvalue weighted by Crippen LogP contribution is -2.22. The molecule has 2 aromatic rings. The van der Waals surface area contributed by atoms with Gasteiger partial charge in [-0.05, 0) is 24.4 Å². The molecular weight excluding hydrogens is 220 g/mol. The summed E-state index contributed by atoms with van der Waals surface area (Å²) in [6, 6.07) is 4.12. The molecule has 0 radical (unpaired) electrons. The van der Waals surface area contributed by atoms with Crippen LogP contribution in [-0.4, -0.2) is 31.8 Å². The Morgan fingerprint density at radius 1 is 1.44 bits per heavy atom. The summed E-state index contributed by atoms with van der Waals surface area (Å²) in [6.07, 6.45) is 1.86.